The van der Waals surface area contributed by atoms with Crippen LogP contribution < -0.4 is 9.47 Å². The molecule has 1 aromatic heterocycles. The quantitative estimate of drug-likeness (QED) is 0.245. The summed E-state index contributed by atoms with van der Waals surface area (Å²) in [6.45, 7) is 2.64. The summed E-state index contributed by atoms with van der Waals surface area (Å²) in [5, 5.41) is 8.72. The molecule has 2 aromatic carbocycles. The number of benzene rings is 2. The Hall–Kier alpha value is -3.08. The van der Waals surface area contributed by atoms with Crippen molar-refractivity contribution in [2.24, 2.45) is 0 Å². The zero-order valence-electron chi connectivity index (χ0n) is 17.0. The molecule has 1 heterocycles. The van der Waals surface area contributed by atoms with Gasteiger partial charge in [-0.05, 0) is 49.2 Å². The van der Waals surface area contributed by atoms with Crippen LogP contribution in [0.5, 0.6) is 11.5 Å². The minimum atomic E-state index is -0.0989. The Morgan fingerprint density at radius 3 is 2.52 bits per heavy atom. The van der Waals surface area contributed by atoms with E-state index >= 15 is 0 Å². The van der Waals surface area contributed by atoms with Gasteiger partial charge in [0.15, 0.2) is 5.78 Å². The molecule has 3 aromatic rings. The molecule has 3 rings (SSSR count). The molecule has 0 unspecified atom stereocenters. The van der Waals surface area contributed by atoms with Crippen molar-refractivity contribution in [1.29, 1.82) is 5.41 Å². The molecule has 0 aliphatic carbocycles. The largest absolute Gasteiger partial charge is 0.497 e. The lowest BCUT2D eigenvalue weighted by Gasteiger charge is -2.08. The minimum absolute atomic E-state index is 0.0989. The Bertz CT molecular complexity index is 972. The van der Waals surface area contributed by atoms with Crippen molar-refractivity contribution in [3.8, 4) is 11.5 Å². The predicted molar refractivity (Wildman–Crippen MR) is 115 cm³/mol. The van der Waals surface area contributed by atoms with Crippen LogP contribution in [0.4, 0.5) is 0 Å². The Morgan fingerprint density at radius 2 is 1.79 bits per heavy atom. The van der Waals surface area contributed by atoms with E-state index in [9.17, 15) is 4.79 Å². The number of hydrogen-bond donors (Lipinski definition) is 1. The molecular formula is C24H27NO4. The molecule has 5 heteroatoms. The van der Waals surface area contributed by atoms with Gasteiger partial charge in [-0.2, -0.15) is 0 Å². The number of unbranched alkanes of at least 4 members (excludes halogenated alkanes) is 2. The van der Waals surface area contributed by atoms with Gasteiger partial charge in [0.2, 0.25) is 0 Å². The van der Waals surface area contributed by atoms with Gasteiger partial charge in [0, 0.05) is 29.1 Å². The van der Waals surface area contributed by atoms with E-state index in [2.05, 4.69) is 6.92 Å². The maximum absolute atomic E-state index is 12.9. The van der Waals surface area contributed by atoms with E-state index in [0.717, 1.165) is 36.8 Å². The van der Waals surface area contributed by atoms with Gasteiger partial charge in [-0.3, -0.25) is 4.79 Å². The molecule has 0 saturated carbocycles. The summed E-state index contributed by atoms with van der Waals surface area (Å²) in [6.07, 6.45) is 6.36. The normalized spacial score (nSPS) is 10.8. The van der Waals surface area contributed by atoms with E-state index in [1.54, 1.807) is 37.4 Å². The summed E-state index contributed by atoms with van der Waals surface area (Å²) < 4.78 is 16.4. The lowest BCUT2D eigenvalue weighted by molar-refractivity contribution is 0.103. The van der Waals surface area contributed by atoms with E-state index in [4.69, 9.17) is 19.3 Å². The van der Waals surface area contributed by atoms with Gasteiger partial charge in [-0.15, -0.1) is 0 Å². The van der Waals surface area contributed by atoms with Crippen LogP contribution >= 0.6 is 0 Å². The molecule has 0 atom stereocenters. The number of ketones is 1. The minimum Gasteiger partial charge on any atom is -0.497 e. The van der Waals surface area contributed by atoms with Crippen LogP contribution in [0.25, 0.3) is 11.0 Å². The number of fused-ring (bicyclic) bond motifs is 1. The highest BCUT2D eigenvalue weighted by Gasteiger charge is 2.16. The monoisotopic (exact) mass is 393 g/mol. The molecular weight excluding hydrogens is 366 g/mol. The van der Waals surface area contributed by atoms with Crippen molar-refractivity contribution in [1.82, 2.24) is 0 Å². The van der Waals surface area contributed by atoms with Crippen LogP contribution in [0, 0.1) is 5.41 Å². The lowest BCUT2D eigenvalue weighted by atomic mass is 10.0. The van der Waals surface area contributed by atoms with E-state index in [1.165, 1.54) is 6.26 Å². The fourth-order valence-corrected chi connectivity index (χ4v) is 3.17. The highest BCUT2D eigenvalue weighted by Crippen LogP contribution is 2.27. The van der Waals surface area contributed by atoms with Gasteiger partial charge in [-0.25, -0.2) is 0 Å². The molecule has 152 valence electrons. The van der Waals surface area contributed by atoms with Crippen molar-refractivity contribution >= 4 is 22.5 Å². The number of methoxy groups -OCH3 is 1. The van der Waals surface area contributed by atoms with Crippen molar-refractivity contribution in [3.63, 3.8) is 0 Å². The first-order valence-corrected chi connectivity index (χ1v) is 10.0. The standard InChI is InChI=1S/C24H27NO4/c1-3-4-5-6-18(25)13-14-28-19-9-7-17(8-10-19)24(26)22-16-29-23-15-20(27-2)11-12-21(22)23/h7-12,15-16,25H,3-6,13-14H2,1-2H3. The smallest absolute Gasteiger partial charge is 0.196 e. The summed E-state index contributed by atoms with van der Waals surface area (Å²) in [5.41, 5.74) is 2.45. The fourth-order valence-electron chi connectivity index (χ4n) is 3.17. The Kier molecular flexibility index (Phi) is 7.06. The zero-order chi connectivity index (χ0) is 20.6. The molecule has 29 heavy (non-hydrogen) atoms. The van der Waals surface area contributed by atoms with Crippen molar-refractivity contribution in [2.75, 3.05) is 13.7 Å². The lowest BCUT2D eigenvalue weighted by Crippen LogP contribution is -2.06. The van der Waals surface area contributed by atoms with Gasteiger partial charge in [0.05, 0.1) is 19.3 Å². The third-order valence-electron chi connectivity index (χ3n) is 4.90. The first kappa shape index (κ1) is 20.6. The van der Waals surface area contributed by atoms with E-state index < -0.39 is 0 Å². The molecule has 0 aliphatic heterocycles. The molecule has 1 N–H and O–H groups in total. The molecule has 0 fully saturated rings. The average Bonchev–Trinajstić information content (AvgIpc) is 3.17. The van der Waals surface area contributed by atoms with Crippen LogP contribution in [0.15, 0.2) is 53.1 Å². The van der Waals surface area contributed by atoms with Crippen LogP contribution in [0.2, 0.25) is 0 Å². The summed E-state index contributed by atoms with van der Waals surface area (Å²) >= 11 is 0. The predicted octanol–water partition coefficient (Wildman–Crippen LogP) is 6.04. The summed E-state index contributed by atoms with van der Waals surface area (Å²) in [7, 11) is 1.59. The topological polar surface area (TPSA) is 72.5 Å². The van der Waals surface area contributed by atoms with Crippen molar-refractivity contribution < 1.29 is 18.7 Å². The molecule has 0 amide bonds. The van der Waals surface area contributed by atoms with E-state index in [-0.39, 0.29) is 5.78 Å². The molecule has 5 nitrogen and oxygen atoms in total. The van der Waals surface area contributed by atoms with Crippen molar-refractivity contribution in [2.45, 2.75) is 39.0 Å². The molecule has 0 bridgehead atoms. The second-order valence-electron chi connectivity index (χ2n) is 7.02. The third kappa shape index (κ3) is 5.25. The van der Waals surface area contributed by atoms with E-state index in [0.29, 0.717) is 41.2 Å². The second kappa shape index (κ2) is 9.92. The maximum Gasteiger partial charge on any atom is 0.196 e. The van der Waals surface area contributed by atoms with Crippen LogP contribution in [-0.2, 0) is 0 Å². The zero-order valence-corrected chi connectivity index (χ0v) is 17.0. The van der Waals surface area contributed by atoms with Crippen LogP contribution in [0.3, 0.4) is 0 Å². The van der Waals surface area contributed by atoms with Gasteiger partial charge in [0.1, 0.15) is 23.3 Å². The Labute approximate surface area is 171 Å². The van der Waals surface area contributed by atoms with Gasteiger partial charge in [0.25, 0.3) is 0 Å². The third-order valence-corrected chi connectivity index (χ3v) is 4.90. The number of rotatable bonds is 11. The number of carbonyl (C=O) groups is 1. The SMILES string of the molecule is CCCCCC(=N)CCOc1ccc(C(=O)c2coc3cc(OC)ccc23)cc1. The van der Waals surface area contributed by atoms with Gasteiger partial charge < -0.3 is 19.3 Å². The van der Waals surface area contributed by atoms with Crippen LogP contribution in [0.1, 0.15) is 54.9 Å². The molecule has 0 spiro atoms. The number of furan rings is 1. The van der Waals surface area contributed by atoms with Gasteiger partial charge >= 0.3 is 0 Å². The first-order valence-electron chi connectivity index (χ1n) is 10.0. The second-order valence-corrected chi connectivity index (χ2v) is 7.02. The highest BCUT2D eigenvalue weighted by molar-refractivity contribution is 6.16. The van der Waals surface area contributed by atoms with Gasteiger partial charge in [-0.1, -0.05) is 19.8 Å². The summed E-state index contributed by atoms with van der Waals surface area (Å²) in [5.74, 6) is 1.29. The Morgan fingerprint density at radius 1 is 1.03 bits per heavy atom. The number of nitrogens with one attached hydrogen (secondary N) is 1. The summed E-state index contributed by atoms with van der Waals surface area (Å²) in [6, 6.07) is 12.5. The summed E-state index contributed by atoms with van der Waals surface area (Å²) in [4.78, 5) is 12.9. The van der Waals surface area contributed by atoms with Crippen molar-refractivity contribution in [3.05, 3.63) is 59.9 Å². The number of ether oxygens (including phenoxy) is 2. The Balaban J connectivity index is 1.58. The van der Waals surface area contributed by atoms with E-state index in [1.807, 2.05) is 12.1 Å². The first-order chi connectivity index (χ1) is 14.1. The fraction of sp³-hybridized carbons (Fsp3) is 0.333. The molecule has 0 radical (unpaired) electrons. The molecule has 0 saturated heterocycles. The number of carbonyl (C=O) groups excluding carboxylic acids is 1. The number of hydrogen-bond acceptors (Lipinski definition) is 5. The molecule has 0 aliphatic rings. The van der Waals surface area contributed by atoms with Crippen LogP contribution in [-0.4, -0.2) is 25.2 Å². The average molecular weight is 393 g/mol. The highest BCUT2D eigenvalue weighted by atomic mass is 16.5. The maximum atomic E-state index is 12.9.